The van der Waals surface area contributed by atoms with Crippen molar-refractivity contribution in [3.05, 3.63) is 70.3 Å². The maximum Gasteiger partial charge on any atom is 0.345 e. The summed E-state index contributed by atoms with van der Waals surface area (Å²) < 4.78 is 9.95. The normalized spacial score (nSPS) is 11.1. The van der Waals surface area contributed by atoms with Gasteiger partial charge in [0.25, 0.3) is 0 Å². The van der Waals surface area contributed by atoms with Crippen molar-refractivity contribution in [1.29, 1.82) is 0 Å². The van der Waals surface area contributed by atoms with Crippen LogP contribution in [0.15, 0.2) is 48.0 Å². The molecule has 0 aliphatic heterocycles. The Balaban J connectivity index is 2.26. The molecular weight excluding hydrogens is 318 g/mol. The Morgan fingerprint density at radius 1 is 1.04 bits per heavy atom. The minimum atomic E-state index is -0.745. The van der Waals surface area contributed by atoms with E-state index in [0.29, 0.717) is 11.3 Å². The van der Waals surface area contributed by atoms with Crippen LogP contribution in [-0.4, -0.2) is 19.0 Å². The number of benzene rings is 2. The third-order valence-electron chi connectivity index (χ3n) is 3.77. The number of esters is 2. The number of carbonyl (C=O) groups excluding carboxylic acids is 2. The van der Waals surface area contributed by atoms with E-state index in [1.165, 1.54) is 13.2 Å². The molecule has 2 aromatic rings. The van der Waals surface area contributed by atoms with Crippen molar-refractivity contribution in [3.8, 4) is 0 Å². The van der Waals surface area contributed by atoms with Gasteiger partial charge >= 0.3 is 11.9 Å². The third kappa shape index (κ3) is 4.70. The summed E-state index contributed by atoms with van der Waals surface area (Å²) in [6, 6.07) is 12.8. The number of aryl methyl sites for hydroxylation is 2. The van der Waals surface area contributed by atoms with E-state index in [1.54, 1.807) is 12.1 Å². The Hall–Kier alpha value is -3.08. The van der Waals surface area contributed by atoms with E-state index in [1.807, 2.05) is 44.2 Å². The van der Waals surface area contributed by atoms with Gasteiger partial charge in [0, 0.05) is 5.69 Å². The van der Waals surface area contributed by atoms with Crippen molar-refractivity contribution in [2.24, 2.45) is 0 Å². The number of anilines is 1. The SMILES string of the molecule is COC(=O)C(=Cc1cc(C)c(N)c(C)c1)C(=O)OCc1ccccc1. The number of hydrogen-bond acceptors (Lipinski definition) is 5. The van der Waals surface area contributed by atoms with E-state index >= 15 is 0 Å². The van der Waals surface area contributed by atoms with Crippen molar-refractivity contribution in [2.75, 3.05) is 12.8 Å². The molecule has 0 heterocycles. The topological polar surface area (TPSA) is 78.6 Å². The van der Waals surface area contributed by atoms with Crippen molar-refractivity contribution in [3.63, 3.8) is 0 Å². The van der Waals surface area contributed by atoms with Crippen LogP contribution in [0, 0.1) is 13.8 Å². The van der Waals surface area contributed by atoms with Crippen molar-refractivity contribution in [1.82, 2.24) is 0 Å². The van der Waals surface area contributed by atoms with Gasteiger partial charge in [-0.25, -0.2) is 9.59 Å². The predicted octanol–water partition coefficient (Wildman–Crippen LogP) is 3.19. The molecule has 2 aromatic carbocycles. The second-order valence-electron chi connectivity index (χ2n) is 5.68. The number of nitrogen functional groups attached to an aromatic ring is 1. The molecule has 25 heavy (non-hydrogen) atoms. The predicted molar refractivity (Wildman–Crippen MR) is 96.6 cm³/mol. The van der Waals surface area contributed by atoms with Gasteiger partial charge in [0.2, 0.25) is 0 Å². The lowest BCUT2D eigenvalue weighted by atomic mass is 10.0. The van der Waals surface area contributed by atoms with Crippen LogP contribution < -0.4 is 5.73 Å². The Labute approximate surface area is 147 Å². The summed E-state index contributed by atoms with van der Waals surface area (Å²) in [5.41, 5.74) is 9.71. The van der Waals surface area contributed by atoms with Crippen LogP contribution in [0.25, 0.3) is 6.08 Å². The van der Waals surface area contributed by atoms with E-state index in [-0.39, 0.29) is 12.2 Å². The molecular formula is C20H21NO4. The highest BCUT2D eigenvalue weighted by molar-refractivity contribution is 6.17. The van der Waals surface area contributed by atoms with Gasteiger partial charge in [0.05, 0.1) is 7.11 Å². The number of nitrogens with two attached hydrogens (primary N) is 1. The first-order valence-electron chi connectivity index (χ1n) is 7.80. The second kappa shape index (κ2) is 8.15. The number of rotatable bonds is 5. The smallest absolute Gasteiger partial charge is 0.345 e. The monoisotopic (exact) mass is 339 g/mol. The quantitative estimate of drug-likeness (QED) is 0.298. The highest BCUT2D eigenvalue weighted by Crippen LogP contribution is 2.21. The standard InChI is InChI=1S/C20H21NO4/c1-13-9-16(10-14(2)18(13)21)11-17(19(22)24-3)20(23)25-12-15-7-5-4-6-8-15/h4-11H,12,21H2,1-3H3. The van der Waals surface area contributed by atoms with Gasteiger partial charge < -0.3 is 15.2 Å². The lowest BCUT2D eigenvalue weighted by Gasteiger charge is -2.09. The first kappa shape index (κ1) is 18.3. The summed E-state index contributed by atoms with van der Waals surface area (Å²) >= 11 is 0. The Morgan fingerprint density at radius 2 is 1.64 bits per heavy atom. The van der Waals surface area contributed by atoms with Crippen LogP contribution in [0.2, 0.25) is 0 Å². The third-order valence-corrected chi connectivity index (χ3v) is 3.77. The van der Waals surface area contributed by atoms with Crippen molar-refractivity contribution >= 4 is 23.7 Å². The zero-order chi connectivity index (χ0) is 18.4. The summed E-state index contributed by atoms with van der Waals surface area (Å²) in [7, 11) is 1.22. The zero-order valence-corrected chi connectivity index (χ0v) is 14.5. The average molecular weight is 339 g/mol. The molecule has 0 unspecified atom stereocenters. The molecule has 0 aliphatic carbocycles. The number of carbonyl (C=O) groups is 2. The van der Waals surface area contributed by atoms with Crippen LogP contribution in [0.1, 0.15) is 22.3 Å². The summed E-state index contributed by atoms with van der Waals surface area (Å²) in [6.07, 6.45) is 1.46. The van der Waals surface area contributed by atoms with E-state index in [9.17, 15) is 9.59 Å². The van der Waals surface area contributed by atoms with Gasteiger partial charge in [-0.3, -0.25) is 0 Å². The fourth-order valence-corrected chi connectivity index (χ4v) is 2.37. The van der Waals surface area contributed by atoms with E-state index < -0.39 is 11.9 Å². The molecule has 0 radical (unpaired) electrons. The first-order chi connectivity index (χ1) is 11.9. The fourth-order valence-electron chi connectivity index (χ4n) is 2.37. The summed E-state index contributed by atoms with van der Waals surface area (Å²) in [6.45, 7) is 3.81. The average Bonchev–Trinajstić information content (AvgIpc) is 2.62. The largest absolute Gasteiger partial charge is 0.465 e. The maximum atomic E-state index is 12.3. The molecule has 0 aromatic heterocycles. The van der Waals surface area contributed by atoms with Crippen molar-refractivity contribution < 1.29 is 19.1 Å². The molecule has 5 heteroatoms. The summed E-state index contributed by atoms with van der Waals surface area (Å²) in [5.74, 6) is -1.48. The lowest BCUT2D eigenvalue weighted by molar-refractivity contribution is -0.146. The molecule has 0 amide bonds. The van der Waals surface area contributed by atoms with Gasteiger partial charge in [-0.1, -0.05) is 30.3 Å². The van der Waals surface area contributed by atoms with Crippen LogP contribution >= 0.6 is 0 Å². The van der Waals surface area contributed by atoms with E-state index in [0.717, 1.165) is 16.7 Å². The molecule has 0 saturated heterocycles. The van der Waals surface area contributed by atoms with Crippen LogP contribution in [0.5, 0.6) is 0 Å². The number of methoxy groups -OCH3 is 1. The molecule has 2 N–H and O–H groups in total. The molecule has 5 nitrogen and oxygen atoms in total. The van der Waals surface area contributed by atoms with Gasteiger partial charge in [-0.05, 0) is 54.3 Å². The van der Waals surface area contributed by atoms with Gasteiger partial charge in [-0.2, -0.15) is 0 Å². The molecule has 2 rings (SSSR count). The Bertz CT molecular complexity index is 787. The Kier molecular flexibility index (Phi) is 5.95. The summed E-state index contributed by atoms with van der Waals surface area (Å²) in [4.78, 5) is 24.3. The molecule has 0 bridgehead atoms. The minimum Gasteiger partial charge on any atom is -0.465 e. The summed E-state index contributed by atoms with van der Waals surface area (Å²) in [5, 5.41) is 0. The van der Waals surface area contributed by atoms with Gasteiger partial charge in [0.15, 0.2) is 0 Å². The molecule has 0 saturated carbocycles. The highest BCUT2D eigenvalue weighted by Gasteiger charge is 2.21. The molecule has 0 aliphatic rings. The molecule has 0 atom stereocenters. The fraction of sp³-hybridized carbons (Fsp3) is 0.200. The van der Waals surface area contributed by atoms with Crippen LogP contribution in [0.3, 0.4) is 0 Å². The maximum absolute atomic E-state index is 12.3. The van der Waals surface area contributed by atoms with Crippen LogP contribution in [0.4, 0.5) is 5.69 Å². The van der Waals surface area contributed by atoms with Crippen molar-refractivity contribution in [2.45, 2.75) is 20.5 Å². The Morgan fingerprint density at radius 3 is 2.20 bits per heavy atom. The molecule has 0 spiro atoms. The minimum absolute atomic E-state index is 0.0772. The lowest BCUT2D eigenvalue weighted by Crippen LogP contribution is -2.17. The van der Waals surface area contributed by atoms with Crippen LogP contribution in [-0.2, 0) is 25.7 Å². The second-order valence-corrected chi connectivity index (χ2v) is 5.68. The highest BCUT2D eigenvalue weighted by atomic mass is 16.5. The first-order valence-corrected chi connectivity index (χ1v) is 7.80. The van der Waals surface area contributed by atoms with E-state index in [4.69, 9.17) is 15.2 Å². The molecule has 130 valence electrons. The van der Waals surface area contributed by atoms with E-state index in [2.05, 4.69) is 0 Å². The zero-order valence-electron chi connectivity index (χ0n) is 14.5. The van der Waals surface area contributed by atoms with Gasteiger partial charge in [-0.15, -0.1) is 0 Å². The number of ether oxygens (including phenoxy) is 2. The number of hydrogen-bond donors (Lipinski definition) is 1. The van der Waals surface area contributed by atoms with Gasteiger partial charge in [0.1, 0.15) is 12.2 Å². The molecule has 0 fully saturated rings.